The summed E-state index contributed by atoms with van der Waals surface area (Å²) in [7, 11) is 1.55. The summed E-state index contributed by atoms with van der Waals surface area (Å²) in [4.78, 5) is 20.5. The zero-order valence-corrected chi connectivity index (χ0v) is 16.4. The normalized spacial score (nSPS) is 11.9. The van der Waals surface area contributed by atoms with Gasteiger partial charge in [-0.2, -0.15) is 13.2 Å². The van der Waals surface area contributed by atoms with E-state index in [1.165, 1.54) is 35.2 Å². The zero-order valence-electron chi connectivity index (χ0n) is 16.4. The number of hydrogen-bond donors (Lipinski definition) is 3. The Morgan fingerprint density at radius 3 is 2.55 bits per heavy atom. The molecule has 0 bridgehead atoms. The first-order chi connectivity index (χ1) is 14.6. The molecule has 0 aliphatic carbocycles. The predicted octanol–water partition coefficient (Wildman–Crippen LogP) is 3.32. The largest absolute Gasteiger partial charge is 0.416 e. The maximum Gasteiger partial charge on any atom is 0.416 e. The molecule has 0 fully saturated rings. The van der Waals surface area contributed by atoms with Crippen molar-refractivity contribution in [2.24, 2.45) is 12.8 Å². The van der Waals surface area contributed by atoms with Gasteiger partial charge in [-0.25, -0.2) is 9.97 Å². The number of nitrogens with one attached hydrogen (secondary N) is 1. The van der Waals surface area contributed by atoms with E-state index in [2.05, 4.69) is 21.9 Å². The summed E-state index contributed by atoms with van der Waals surface area (Å²) >= 11 is 0. The Kier molecular flexibility index (Phi) is 5.82. The number of hydrogen-bond acceptors (Lipinski definition) is 6. The number of pyridine rings is 1. The summed E-state index contributed by atoms with van der Waals surface area (Å²) in [5.74, 6) is 0.0875. The molecule has 0 aliphatic rings. The first-order valence-corrected chi connectivity index (χ1v) is 8.94. The summed E-state index contributed by atoms with van der Waals surface area (Å²) in [5.41, 5.74) is 11.9. The van der Waals surface area contributed by atoms with Crippen LogP contribution >= 0.6 is 0 Å². The number of benzene rings is 1. The van der Waals surface area contributed by atoms with Crippen LogP contribution in [-0.2, 0) is 13.2 Å². The van der Waals surface area contributed by atoms with Crippen molar-refractivity contribution < 1.29 is 13.2 Å². The molecule has 31 heavy (non-hydrogen) atoms. The molecule has 0 atom stereocenters. The van der Waals surface area contributed by atoms with Crippen LogP contribution in [0.4, 0.5) is 24.8 Å². The van der Waals surface area contributed by atoms with Crippen molar-refractivity contribution in [1.82, 2.24) is 14.5 Å². The Hall–Kier alpha value is -4.08. The second-order valence-corrected chi connectivity index (χ2v) is 6.67. The Morgan fingerprint density at radius 2 is 1.90 bits per heavy atom. The summed E-state index contributed by atoms with van der Waals surface area (Å²) in [6, 6.07) is 6.25. The molecule has 0 saturated heterocycles. The molecule has 0 unspecified atom stereocenters. The number of aromatic nitrogens is 3. The van der Waals surface area contributed by atoms with Gasteiger partial charge < -0.3 is 21.4 Å². The third-order valence-electron chi connectivity index (χ3n) is 4.40. The van der Waals surface area contributed by atoms with E-state index in [0.717, 1.165) is 12.1 Å². The highest BCUT2D eigenvalue weighted by Gasteiger charge is 2.30. The van der Waals surface area contributed by atoms with Crippen LogP contribution in [0.15, 0.2) is 60.3 Å². The van der Waals surface area contributed by atoms with Crippen LogP contribution in [0.3, 0.4) is 0 Å². The molecular weight excluding hydrogens is 409 g/mol. The average Bonchev–Trinajstić information content (AvgIpc) is 2.71. The van der Waals surface area contributed by atoms with E-state index in [4.69, 9.17) is 11.5 Å². The van der Waals surface area contributed by atoms with Gasteiger partial charge in [0.2, 0.25) is 5.95 Å². The second-order valence-electron chi connectivity index (χ2n) is 6.67. The molecule has 2 aromatic heterocycles. The van der Waals surface area contributed by atoms with Crippen LogP contribution in [0, 0.1) is 0 Å². The molecule has 0 saturated carbocycles. The lowest BCUT2D eigenvalue weighted by Gasteiger charge is -2.15. The standard InChI is InChI=1S/C21H19F3N6O/c1-12(29-16-5-3-4-15(9-16)21(22,23)24)18-13(6-7-30(2)19(18)31)8-17(25)14-10-27-20(26)28-11-14/h3-11,29H,1,25H2,2H3,(H2,26,27,28)/b17-8-. The van der Waals surface area contributed by atoms with E-state index >= 15 is 0 Å². The lowest BCUT2D eigenvalue weighted by Crippen LogP contribution is -2.23. The number of anilines is 2. The lowest BCUT2D eigenvalue weighted by molar-refractivity contribution is -0.137. The van der Waals surface area contributed by atoms with Gasteiger partial charge in [0.25, 0.3) is 5.56 Å². The fraction of sp³-hybridized carbons (Fsp3) is 0.0952. The van der Waals surface area contributed by atoms with Gasteiger partial charge >= 0.3 is 6.18 Å². The third kappa shape index (κ3) is 4.92. The van der Waals surface area contributed by atoms with Crippen molar-refractivity contribution in [3.05, 3.63) is 88.1 Å². The smallest absolute Gasteiger partial charge is 0.398 e. The highest BCUT2D eigenvalue weighted by Crippen LogP contribution is 2.31. The molecule has 0 spiro atoms. The molecule has 10 heteroatoms. The molecule has 3 rings (SSSR count). The maximum absolute atomic E-state index is 13.0. The molecule has 0 amide bonds. The molecule has 7 nitrogen and oxygen atoms in total. The minimum absolute atomic E-state index is 0.0875. The average molecular weight is 428 g/mol. The van der Waals surface area contributed by atoms with E-state index in [-0.39, 0.29) is 28.6 Å². The maximum atomic E-state index is 13.0. The summed E-state index contributed by atoms with van der Waals surface area (Å²) < 4.78 is 40.3. The first-order valence-electron chi connectivity index (χ1n) is 8.94. The van der Waals surface area contributed by atoms with Crippen molar-refractivity contribution in [3.63, 3.8) is 0 Å². The van der Waals surface area contributed by atoms with Gasteiger partial charge in [0.05, 0.1) is 11.1 Å². The van der Waals surface area contributed by atoms with E-state index in [1.807, 2.05) is 0 Å². The fourth-order valence-corrected chi connectivity index (χ4v) is 2.81. The van der Waals surface area contributed by atoms with Crippen molar-refractivity contribution in [2.45, 2.75) is 6.18 Å². The Labute approximate surface area is 175 Å². The number of halogens is 3. The molecule has 5 N–H and O–H groups in total. The van der Waals surface area contributed by atoms with Gasteiger partial charge in [-0.3, -0.25) is 4.79 Å². The van der Waals surface area contributed by atoms with Crippen molar-refractivity contribution in [1.29, 1.82) is 0 Å². The first kappa shape index (κ1) is 21.6. The Morgan fingerprint density at radius 1 is 1.23 bits per heavy atom. The second kappa shape index (κ2) is 8.34. The van der Waals surface area contributed by atoms with Crippen LogP contribution in [0.1, 0.15) is 22.3 Å². The van der Waals surface area contributed by atoms with Crippen LogP contribution in [0.25, 0.3) is 17.5 Å². The van der Waals surface area contributed by atoms with Gasteiger partial charge in [-0.1, -0.05) is 12.6 Å². The van der Waals surface area contributed by atoms with Gasteiger partial charge in [0.1, 0.15) is 0 Å². The summed E-state index contributed by atoms with van der Waals surface area (Å²) in [6.07, 6.45) is 1.45. The van der Waals surface area contributed by atoms with Gasteiger partial charge in [0, 0.05) is 48.3 Å². The van der Waals surface area contributed by atoms with Crippen molar-refractivity contribution in [2.75, 3.05) is 11.1 Å². The van der Waals surface area contributed by atoms with Crippen LogP contribution < -0.4 is 22.3 Å². The number of aryl methyl sites for hydroxylation is 1. The number of nitrogens with two attached hydrogens (primary N) is 2. The van der Waals surface area contributed by atoms with Crippen LogP contribution in [-0.4, -0.2) is 14.5 Å². The van der Waals surface area contributed by atoms with Crippen molar-refractivity contribution >= 4 is 29.1 Å². The molecule has 2 heterocycles. The molecule has 0 aliphatic heterocycles. The van der Waals surface area contributed by atoms with Gasteiger partial charge in [0.15, 0.2) is 0 Å². The monoisotopic (exact) mass is 428 g/mol. The van der Waals surface area contributed by atoms with Crippen LogP contribution in [0.5, 0.6) is 0 Å². The van der Waals surface area contributed by atoms with E-state index in [1.54, 1.807) is 19.3 Å². The molecule has 1 aromatic carbocycles. The topological polar surface area (TPSA) is 112 Å². The summed E-state index contributed by atoms with van der Waals surface area (Å²) in [5, 5.41) is 2.78. The van der Waals surface area contributed by atoms with Crippen molar-refractivity contribution in [3.8, 4) is 0 Å². The predicted molar refractivity (Wildman–Crippen MR) is 114 cm³/mol. The molecule has 3 aromatic rings. The highest BCUT2D eigenvalue weighted by atomic mass is 19.4. The minimum Gasteiger partial charge on any atom is -0.398 e. The quantitative estimate of drug-likeness (QED) is 0.575. The number of nitrogen functional groups attached to an aromatic ring is 1. The van der Waals surface area contributed by atoms with Gasteiger partial charge in [-0.05, 0) is 35.9 Å². The van der Waals surface area contributed by atoms with E-state index in [9.17, 15) is 18.0 Å². The number of rotatable bonds is 5. The van der Waals surface area contributed by atoms with Gasteiger partial charge in [-0.15, -0.1) is 0 Å². The number of alkyl halides is 3. The highest BCUT2D eigenvalue weighted by molar-refractivity contribution is 5.86. The Bertz CT molecular complexity index is 1210. The van der Waals surface area contributed by atoms with E-state index in [0.29, 0.717) is 11.1 Å². The minimum atomic E-state index is -4.49. The SMILES string of the molecule is C=C(Nc1cccc(C(F)(F)F)c1)c1c(/C=C(\N)c2cnc(N)nc2)ccn(C)c1=O. The fourth-order valence-electron chi connectivity index (χ4n) is 2.81. The number of nitrogens with zero attached hydrogens (tertiary/aromatic N) is 3. The lowest BCUT2D eigenvalue weighted by atomic mass is 10.0. The van der Waals surface area contributed by atoms with E-state index < -0.39 is 17.3 Å². The summed E-state index contributed by atoms with van der Waals surface area (Å²) in [6.45, 7) is 3.85. The van der Waals surface area contributed by atoms with Crippen LogP contribution in [0.2, 0.25) is 0 Å². The molecular formula is C21H19F3N6O. The Balaban J connectivity index is 2.00. The molecule has 160 valence electrons. The molecule has 0 radical (unpaired) electrons. The third-order valence-corrected chi connectivity index (χ3v) is 4.40. The zero-order chi connectivity index (χ0) is 22.8.